The van der Waals surface area contributed by atoms with E-state index in [4.69, 9.17) is 5.11 Å². The summed E-state index contributed by atoms with van der Waals surface area (Å²) in [5, 5.41) is 9.70. The summed E-state index contributed by atoms with van der Waals surface area (Å²) >= 11 is 0. The van der Waals surface area contributed by atoms with E-state index in [2.05, 4.69) is 0 Å². The number of carbonyl (C=O) groups is 2. The molecular weight excluding hydrogens is 296 g/mol. The molecule has 0 aromatic heterocycles. The molecule has 0 saturated carbocycles. The predicted molar refractivity (Wildman–Crippen MR) is 53.0 cm³/mol. The Morgan fingerprint density at radius 1 is 1.10 bits per heavy atom. The molecule has 1 rings (SSSR count). The summed E-state index contributed by atoms with van der Waals surface area (Å²) in [5.74, 6) is -11.4. The van der Waals surface area contributed by atoms with Crippen LogP contribution in [-0.2, 0) is 4.79 Å². The normalized spacial score (nSPS) is 12.1. The first-order valence-corrected chi connectivity index (χ1v) is 4.75. The Balaban J connectivity index is 3.14. The minimum atomic E-state index is -6.16. The van der Waals surface area contributed by atoms with Gasteiger partial charge in [0, 0.05) is 0 Å². The highest BCUT2D eigenvalue weighted by atomic mass is 19.4. The molecule has 0 radical (unpaired) electrons. The molecule has 1 amide bonds. The number of carbonyl (C=O) groups excluding carboxylic acids is 1. The summed E-state index contributed by atoms with van der Waals surface area (Å²) in [4.78, 5) is 21.5. The second-order valence-electron chi connectivity index (χ2n) is 3.52. The fourth-order valence-corrected chi connectivity index (χ4v) is 1.14. The summed E-state index contributed by atoms with van der Waals surface area (Å²) in [6.45, 7) is 0. The summed E-state index contributed by atoms with van der Waals surface area (Å²) in [6.07, 6.45) is -6.16. The number of alkyl halides is 5. The van der Waals surface area contributed by atoms with Gasteiger partial charge in [0.15, 0.2) is 0 Å². The second-order valence-corrected chi connectivity index (χ2v) is 3.52. The predicted octanol–water partition coefficient (Wildman–Crippen LogP) is 2.66. The van der Waals surface area contributed by atoms with E-state index in [1.807, 2.05) is 0 Å². The van der Waals surface area contributed by atoms with Gasteiger partial charge in [-0.3, -0.25) is 4.79 Å². The van der Waals surface area contributed by atoms with Gasteiger partial charge >= 0.3 is 24.0 Å². The molecule has 4 nitrogen and oxygen atoms in total. The van der Waals surface area contributed by atoms with Gasteiger partial charge in [-0.05, 0) is 18.2 Å². The molecule has 0 fully saturated rings. The highest BCUT2D eigenvalue weighted by Gasteiger charge is 2.63. The lowest BCUT2D eigenvalue weighted by atomic mass is 10.1. The van der Waals surface area contributed by atoms with Gasteiger partial charge in [0.05, 0.1) is 11.3 Å². The number of amides is 1. The molecule has 1 aromatic carbocycles. The Hall–Kier alpha value is -2.26. The molecule has 20 heavy (non-hydrogen) atoms. The van der Waals surface area contributed by atoms with E-state index in [-0.39, 0.29) is 0 Å². The minimum absolute atomic E-state index is 0.313. The fourth-order valence-electron chi connectivity index (χ4n) is 1.14. The van der Waals surface area contributed by atoms with Crippen LogP contribution >= 0.6 is 0 Å². The van der Waals surface area contributed by atoms with E-state index in [9.17, 15) is 35.9 Å². The third kappa shape index (κ3) is 3.00. The average molecular weight is 301 g/mol. The third-order valence-electron chi connectivity index (χ3n) is 2.10. The maximum Gasteiger partial charge on any atom is 0.463 e. The number of aromatic carboxylic acids is 1. The molecule has 10 heteroatoms. The number of hydrogen-bond acceptors (Lipinski definition) is 2. The van der Waals surface area contributed by atoms with Crippen molar-refractivity contribution in [3.63, 3.8) is 0 Å². The molecule has 0 atom stereocenters. The van der Waals surface area contributed by atoms with Crippen molar-refractivity contribution in [3.05, 3.63) is 29.6 Å². The van der Waals surface area contributed by atoms with Crippen molar-refractivity contribution >= 4 is 17.6 Å². The largest absolute Gasteiger partial charge is 0.478 e. The van der Waals surface area contributed by atoms with Crippen LogP contribution in [0, 0.1) is 5.82 Å². The minimum Gasteiger partial charge on any atom is -0.478 e. The molecular formula is C10H5F6NO3. The van der Waals surface area contributed by atoms with E-state index >= 15 is 0 Å². The molecule has 0 saturated heterocycles. The number of benzene rings is 1. The zero-order chi connectivity index (χ0) is 15.7. The zero-order valence-electron chi connectivity index (χ0n) is 9.26. The van der Waals surface area contributed by atoms with E-state index in [1.54, 1.807) is 0 Å². The van der Waals surface area contributed by atoms with Crippen LogP contribution in [0.3, 0.4) is 0 Å². The van der Waals surface area contributed by atoms with E-state index < -0.39 is 41.0 Å². The Bertz CT molecular complexity index is 554. The van der Waals surface area contributed by atoms with Crippen molar-refractivity contribution in [2.75, 3.05) is 5.32 Å². The SMILES string of the molecule is O=C(O)c1ccc(F)cc1NC(=O)C(F)(F)C(F)(F)F. The molecule has 0 spiro atoms. The number of rotatable bonds is 3. The molecule has 0 aliphatic rings. The summed E-state index contributed by atoms with van der Waals surface area (Å²) < 4.78 is 73.9. The highest BCUT2D eigenvalue weighted by Crippen LogP contribution is 2.36. The van der Waals surface area contributed by atoms with Crippen LogP contribution in [0.15, 0.2) is 18.2 Å². The third-order valence-corrected chi connectivity index (χ3v) is 2.10. The number of carboxylic acids is 1. The standard InChI is InChI=1S/C10H5F6NO3/c11-4-1-2-5(7(18)19)6(3-4)17-8(20)9(12,13)10(14,15)16/h1-3H,(H,17,20)(H,18,19). The van der Waals surface area contributed by atoms with Crippen LogP contribution in [0.1, 0.15) is 10.4 Å². The maximum absolute atomic E-state index is 12.8. The average Bonchev–Trinajstić information content (AvgIpc) is 2.26. The van der Waals surface area contributed by atoms with Crippen molar-refractivity contribution < 1.29 is 41.0 Å². The van der Waals surface area contributed by atoms with Crippen LogP contribution < -0.4 is 5.32 Å². The first-order valence-electron chi connectivity index (χ1n) is 4.75. The topological polar surface area (TPSA) is 66.4 Å². The van der Waals surface area contributed by atoms with Crippen LogP contribution in [0.5, 0.6) is 0 Å². The van der Waals surface area contributed by atoms with Gasteiger partial charge < -0.3 is 10.4 Å². The molecule has 0 heterocycles. The van der Waals surface area contributed by atoms with Gasteiger partial charge in [-0.15, -0.1) is 0 Å². The number of halogens is 6. The van der Waals surface area contributed by atoms with Gasteiger partial charge in [0.25, 0.3) is 0 Å². The van der Waals surface area contributed by atoms with Crippen LogP contribution in [-0.4, -0.2) is 29.1 Å². The van der Waals surface area contributed by atoms with Crippen LogP contribution in [0.2, 0.25) is 0 Å². The lowest BCUT2D eigenvalue weighted by Crippen LogP contribution is -2.47. The van der Waals surface area contributed by atoms with Crippen LogP contribution in [0.25, 0.3) is 0 Å². The van der Waals surface area contributed by atoms with E-state index in [0.29, 0.717) is 18.2 Å². The van der Waals surface area contributed by atoms with Crippen molar-refractivity contribution in [1.82, 2.24) is 0 Å². The molecule has 0 aliphatic heterocycles. The van der Waals surface area contributed by atoms with Crippen molar-refractivity contribution in [2.24, 2.45) is 0 Å². The molecule has 110 valence electrons. The molecule has 0 bridgehead atoms. The van der Waals surface area contributed by atoms with Crippen LogP contribution in [0.4, 0.5) is 32.0 Å². The van der Waals surface area contributed by atoms with Gasteiger partial charge in [-0.2, -0.15) is 22.0 Å². The quantitative estimate of drug-likeness (QED) is 0.843. The van der Waals surface area contributed by atoms with E-state index in [1.165, 1.54) is 0 Å². The smallest absolute Gasteiger partial charge is 0.463 e. The number of hydrogen-bond donors (Lipinski definition) is 2. The van der Waals surface area contributed by atoms with Crippen molar-refractivity contribution in [3.8, 4) is 0 Å². The maximum atomic E-state index is 12.8. The monoisotopic (exact) mass is 301 g/mol. The summed E-state index contributed by atoms with van der Waals surface area (Å²) in [7, 11) is 0. The molecule has 0 aliphatic carbocycles. The Kier molecular flexibility index (Phi) is 3.97. The van der Waals surface area contributed by atoms with E-state index in [0.717, 1.165) is 5.32 Å². The number of nitrogens with one attached hydrogen (secondary N) is 1. The fraction of sp³-hybridized carbons (Fsp3) is 0.200. The number of carboxylic acid groups (broad SMARTS) is 1. The van der Waals surface area contributed by atoms with Gasteiger partial charge in [-0.25, -0.2) is 9.18 Å². The number of anilines is 1. The lowest BCUT2D eigenvalue weighted by molar-refractivity contribution is -0.267. The second kappa shape index (κ2) is 5.02. The Morgan fingerprint density at radius 2 is 1.65 bits per heavy atom. The molecule has 0 unspecified atom stereocenters. The molecule has 1 aromatic rings. The Morgan fingerprint density at radius 3 is 2.10 bits per heavy atom. The lowest BCUT2D eigenvalue weighted by Gasteiger charge is -2.19. The first kappa shape index (κ1) is 15.8. The Labute approximate surface area is 107 Å². The summed E-state index contributed by atoms with van der Waals surface area (Å²) in [6, 6.07) is 1.56. The highest BCUT2D eigenvalue weighted by molar-refractivity contribution is 6.03. The van der Waals surface area contributed by atoms with Crippen molar-refractivity contribution in [2.45, 2.75) is 12.1 Å². The molecule has 2 N–H and O–H groups in total. The van der Waals surface area contributed by atoms with Gasteiger partial charge in [0.2, 0.25) is 0 Å². The first-order chi connectivity index (χ1) is 8.96. The summed E-state index contributed by atoms with van der Waals surface area (Å²) in [5.41, 5.74) is -1.84. The van der Waals surface area contributed by atoms with Gasteiger partial charge in [-0.1, -0.05) is 0 Å². The van der Waals surface area contributed by atoms with Gasteiger partial charge in [0.1, 0.15) is 5.82 Å². The van der Waals surface area contributed by atoms with Crippen molar-refractivity contribution in [1.29, 1.82) is 0 Å². The zero-order valence-corrected chi connectivity index (χ0v) is 9.26.